The minimum Gasteiger partial charge on any atom is -0.462 e. The lowest BCUT2D eigenvalue weighted by atomic mass is 10.1. The molecule has 0 aromatic heterocycles. The van der Waals surface area contributed by atoms with Crippen LogP contribution in [0.5, 0.6) is 0 Å². The second-order valence-electron chi connectivity index (χ2n) is 12.6. The predicted molar refractivity (Wildman–Crippen MR) is 216 cm³/mol. The molecule has 0 bridgehead atoms. The lowest BCUT2D eigenvalue weighted by Gasteiger charge is -2.18. The highest BCUT2D eigenvalue weighted by Crippen LogP contribution is 2.35. The average molecular weight is 759 g/mol. The fraction of sp³-hybridized carbons (Fsp3) is 0.558. The minimum absolute atomic E-state index is 0.102. The van der Waals surface area contributed by atoms with Crippen molar-refractivity contribution in [2.45, 2.75) is 142 Å². The molecule has 0 spiro atoms. The number of rotatable bonds is 34. The van der Waals surface area contributed by atoms with E-state index in [0.717, 1.165) is 70.6 Å². The molecule has 0 aliphatic heterocycles. The number of hydrogen-bond donors (Lipinski definition) is 2. The van der Waals surface area contributed by atoms with Gasteiger partial charge in [0.1, 0.15) is 6.61 Å². The Morgan fingerprint density at radius 2 is 1.11 bits per heavy atom. The maximum Gasteiger partial charge on any atom is 0.469 e. The second-order valence-corrected chi connectivity index (χ2v) is 13.8. The van der Waals surface area contributed by atoms with Crippen LogP contribution in [-0.4, -0.2) is 46.8 Å². The number of ketones is 1. The summed E-state index contributed by atoms with van der Waals surface area (Å²) in [5.74, 6) is -0.985. The standard InChI is InChI=1S/C43H67O9P/c1-3-5-7-9-11-12-13-14-15-16-17-18-19-20-21-22-24-28-32-36-42(45)50-38-41(39-51-53(47,48)49)52-43(46)37-33-29-25-27-31-35-40(44)34-30-26-23-10-8-6-4-2/h5,7,11-12,14-15,17-18,20-21,23-24,26,28,30,34,41H,3-4,6,8-10,13,16,19,22,25,27,29,31-33,35-39H2,1-2H3,(H2,47,48,49)/b7-5-,12-11-,15-14-,18-17-,21-20-,26-23-,28-24-,34-30+/t41-/m1/s1. The molecular weight excluding hydrogens is 691 g/mol. The van der Waals surface area contributed by atoms with Crippen molar-refractivity contribution in [3.8, 4) is 0 Å². The summed E-state index contributed by atoms with van der Waals surface area (Å²) in [6, 6.07) is 0. The highest BCUT2D eigenvalue weighted by atomic mass is 31.2. The van der Waals surface area contributed by atoms with Gasteiger partial charge in [-0.05, 0) is 76.7 Å². The van der Waals surface area contributed by atoms with E-state index in [4.69, 9.17) is 19.3 Å². The van der Waals surface area contributed by atoms with Gasteiger partial charge < -0.3 is 19.3 Å². The van der Waals surface area contributed by atoms with Crippen LogP contribution in [0.25, 0.3) is 0 Å². The minimum atomic E-state index is -4.81. The Balaban J connectivity index is 4.20. The molecule has 0 saturated carbocycles. The summed E-state index contributed by atoms with van der Waals surface area (Å²) in [5.41, 5.74) is 0. The normalized spacial score (nSPS) is 13.4. The third-order valence-electron chi connectivity index (χ3n) is 7.58. The smallest absolute Gasteiger partial charge is 0.462 e. The summed E-state index contributed by atoms with van der Waals surface area (Å²) in [4.78, 5) is 54.7. The Morgan fingerprint density at radius 3 is 1.68 bits per heavy atom. The van der Waals surface area contributed by atoms with Crippen LogP contribution in [0.15, 0.2) is 97.2 Å². The van der Waals surface area contributed by atoms with Crippen molar-refractivity contribution < 1.29 is 42.7 Å². The number of carbonyl (C=O) groups is 3. The van der Waals surface area contributed by atoms with Crippen molar-refractivity contribution >= 4 is 25.5 Å². The molecule has 10 heteroatoms. The fourth-order valence-corrected chi connectivity index (χ4v) is 5.03. The number of hydrogen-bond acceptors (Lipinski definition) is 7. The molecule has 2 N–H and O–H groups in total. The molecule has 0 aromatic carbocycles. The van der Waals surface area contributed by atoms with Crippen LogP contribution >= 0.6 is 7.82 Å². The lowest BCUT2D eigenvalue weighted by Crippen LogP contribution is -2.29. The Bertz CT molecular complexity index is 1230. The molecule has 0 aliphatic rings. The number of esters is 2. The summed E-state index contributed by atoms with van der Waals surface area (Å²) < 4.78 is 26.2. The van der Waals surface area contributed by atoms with Crippen molar-refractivity contribution in [2.24, 2.45) is 0 Å². The van der Waals surface area contributed by atoms with Crippen LogP contribution in [0.3, 0.4) is 0 Å². The van der Waals surface area contributed by atoms with Crippen molar-refractivity contribution in [2.75, 3.05) is 13.2 Å². The Morgan fingerprint density at radius 1 is 0.566 bits per heavy atom. The first kappa shape index (κ1) is 49.6. The third-order valence-corrected chi connectivity index (χ3v) is 8.06. The molecule has 0 radical (unpaired) electrons. The monoisotopic (exact) mass is 758 g/mol. The average Bonchev–Trinajstić information content (AvgIpc) is 3.12. The first-order valence-electron chi connectivity index (χ1n) is 19.5. The number of unbranched alkanes of at least 4 members (excludes halogenated alkanes) is 7. The zero-order valence-electron chi connectivity index (χ0n) is 32.4. The molecule has 0 aliphatic carbocycles. The van der Waals surface area contributed by atoms with E-state index >= 15 is 0 Å². The van der Waals surface area contributed by atoms with E-state index in [1.54, 1.807) is 12.2 Å². The van der Waals surface area contributed by atoms with Crippen LogP contribution < -0.4 is 0 Å². The first-order chi connectivity index (χ1) is 25.7. The van der Waals surface area contributed by atoms with E-state index in [1.807, 2.05) is 18.2 Å². The molecule has 298 valence electrons. The van der Waals surface area contributed by atoms with E-state index in [1.165, 1.54) is 19.3 Å². The molecule has 0 amide bonds. The van der Waals surface area contributed by atoms with Gasteiger partial charge in [0.15, 0.2) is 11.9 Å². The number of phosphoric acid groups is 1. The number of carbonyl (C=O) groups excluding carboxylic acids is 3. The van der Waals surface area contributed by atoms with Gasteiger partial charge in [-0.2, -0.15) is 0 Å². The largest absolute Gasteiger partial charge is 0.469 e. The van der Waals surface area contributed by atoms with Gasteiger partial charge in [-0.15, -0.1) is 0 Å². The summed E-state index contributed by atoms with van der Waals surface area (Å²) in [6.45, 7) is 3.33. The number of allylic oxidation sites excluding steroid dienone is 16. The molecule has 0 fully saturated rings. The van der Waals surface area contributed by atoms with Gasteiger partial charge in [-0.25, -0.2) is 4.57 Å². The number of phosphoric ester groups is 1. The van der Waals surface area contributed by atoms with E-state index in [9.17, 15) is 18.9 Å². The third kappa shape index (κ3) is 39.7. The van der Waals surface area contributed by atoms with E-state index < -0.39 is 32.5 Å². The molecule has 0 saturated heterocycles. The maximum absolute atomic E-state index is 12.4. The highest BCUT2D eigenvalue weighted by Gasteiger charge is 2.22. The van der Waals surface area contributed by atoms with Gasteiger partial charge in [0.05, 0.1) is 6.61 Å². The summed E-state index contributed by atoms with van der Waals surface area (Å²) in [5, 5.41) is 0. The molecule has 0 rings (SSSR count). The predicted octanol–water partition coefficient (Wildman–Crippen LogP) is 11.0. The van der Waals surface area contributed by atoms with Crippen LogP contribution in [0, 0.1) is 0 Å². The Hall–Kier alpha value is -3.36. The maximum atomic E-state index is 12.4. The van der Waals surface area contributed by atoms with Crippen molar-refractivity contribution in [1.29, 1.82) is 0 Å². The number of ether oxygens (including phenoxy) is 2. The first-order valence-corrected chi connectivity index (χ1v) is 21.0. The van der Waals surface area contributed by atoms with Gasteiger partial charge in [0.2, 0.25) is 0 Å². The summed E-state index contributed by atoms with van der Waals surface area (Å²) in [6.07, 6.45) is 46.7. The molecular formula is C43H67O9P. The highest BCUT2D eigenvalue weighted by molar-refractivity contribution is 7.46. The summed E-state index contributed by atoms with van der Waals surface area (Å²) >= 11 is 0. The molecule has 0 unspecified atom stereocenters. The lowest BCUT2D eigenvalue weighted by molar-refractivity contribution is -0.161. The van der Waals surface area contributed by atoms with Crippen LogP contribution in [-0.2, 0) is 32.9 Å². The Labute approximate surface area is 320 Å². The summed E-state index contributed by atoms with van der Waals surface area (Å²) in [7, 11) is -4.81. The van der Waals surface area contributed by atoms with Crippen LogP contribution in [0.2, 0.25) is 0 Å². The zero-order chi connectivity index (χ0) is 39.1. The molecule has 1 atom stereocenters. The molecule has 53 heavy (non-hydrogen) atoms. The van der Waals surface area contributed by atoms with Crippen LogP contribution in [0.4, 0.5) is 0 Å². The topological polar surface area (TPSA) is 136 Å². The van der Waals surface area contributed by atoms with E-state index in [-0.39, 0.29) is 25.2 Å². The van der Waals surface area contributed by atoms with Gasteiger partial charge in [0, 0.05) is 19.3 Å². The van der Waals surface area contributed by atoms with Gasteiger partial charge >= 0.3 is 19.8 Å². The van der Waals surface area contributed by atoms with Crippen LogP contribution in [0.1, 0.15) is 136 Å². The van der Waals surface area contributed by atoms with Crippen molar-refractivity contribution in [3.63, 3.8) is 0 Å². The second kappa shape index (κ2) is 37.0. The van der Waals surface area contributed by atoms with E-state index in [2.05, 4.69) is 85.2 Å². The van der Waals surface area contributed by atoms with Gasteiger partial charge in [-0.3, -0.25) is 18.9 Å². The fourth-order valence-electron chi connectivity index (χ4n) is 4.67. The molecule has 0 aromatic rings. The van der Waals surface area contributed by atoms with Gasteiger partial charge in [0.25, 0.3) is 0 Å². The molecule has 0 heterocycles. The SMILES string of the molecule is CC/C=C\C/C=C\C/C=C\C/C=C\C/C=C\C/C=C\CCC(=O)OC[C@H](COP(=O)(O)O)OC(=O)CCCCCCCC(=O)/C=C/C=C\CCCCC. The molecule has 9 nitrogen and oxygen atoms in total. The Kier molecular flexibility index (Phi) is 34.6. The van der Waals surface area contributed by atoms with Gasteiger partial charge in [-0.1, -0.05) is 137 Å². The van der Waals surface area contributed by atoms with E-state index in [0.29, 0.717) is 19.3 Å². The zero-order valence-corrected chi connectivity index (χ0v) is 33.3. The quantitative estimate of drug-likeness (QED) is 0.0164. The van der Waals surface area contributed by atoms with Crippen molar-refractivity contribution in [3.05, 3.63) is 97.2 Å². The van der Waals surface area contributed by atoms with Crippen molar-refractivity contribution in [1.82, 2.24) is 0 Å².